The van der Waals surface area contributed by atoms with Gasteiger partial charge in [-0.25, -0.2) is 17.1 Å². The molecular formula is C24H28FN3O5S. The molecule has 0 radical (unpaired) electrons. The van der Waals surface area contributed by atoms with Crippen LogP contribution in [0.3, 0.4) is 0 Å². The van der Waals surface area contributed by atoms with E-state index in [1.807, 2.05) is 19.0 Å². The lowest BCUT2D eigenvalue weighted by Crippen LogP contribution is -2.32. The molecule has 8 nitrogen and oxygen atoms in total. The first kappa shape index (κ1) is 25.5. The normalized spacial score (nSPS) is 18.3. The SMILES string of the molecule is CN(C)CCCN1C(=O)C(=O)C(=C(O)c2ccc(S(=O)(=O)N(C)C)cc2)[C@H]1c1ccccc1F. The van der Waals surface area contributed by atoms with Crippen molar-refractivity contribution in [1.29, 1.82) is 0 Å². The topological polar surface area (TPSA) is 98.2 Å². The first-order chi connectivity index (χ1) is 16.0. The number of nitrogens with zero attached hydrogens (tertiary/aromatic N) is 3. The zero-order chi connectivity index (χ0) is 25.2. The van der Waals surface area contributed by atoms with Crippen LogP contribution in [0.4, 0.5) is 4.39 Å². The molecule has 0 aromatic heterocycles. The number of Topliss-reactive ketones (excluding diaryl/α,β-unsaturated/α-hetero) is 1. The van der Waals surface area contributed by atoms with Crippen LogP contribution < -0.4 is 0 Å². The van der Waals surface area contributed by atoms with Crippen molar-refractivity contribution in [3.05, 3.63) is 71.0 Å². The summed E-state index contributed by atoms with van der Waals surface area (Å²) >= 11 is 0. The lowest BCUT2D eigenvalue weighted by molar-refractivity contribution is -0.140. The fraction of sp³-hybridized carbons (Fsp3) is 0.333. The summed E-state index contributed by atoms with van der Waals surface area (Å²) < 4.78 is 40.5. The molecule has 1 aliphatic heterocycles. The summed E-state index contributed by atoms with van der Waals surface area (Å²) in [6.45, 7) is 0.841. The van der Waals surface area contributed by atoms with Crippen molar-refractivity contribution in [3.8, 4) is 0 Å². The number of likely N-dealkylation sites (tertiary alicyclic amines) is 1. The average Bonchev–Trinajstić information content (AvgIpc) is 3.03. The second-order valence-electron chi connectivity index (χ2n) is 8.48. The van der Waals surface area contributed by atoms with E-state index in [1.54, 1.807) is 6.07 Å². The molecule has 1 atom stereocenters. The minimum absolute atomic E-state index is 0.00356. The standard InChI is InChI=1S/C24H28FN3O5S/c1-26(2)14-7-15-28-21(18-8-5-6-9-19(18)25)20(23(30)24(28)31)22(29)16-10-12-17(13-11-16)34(32,33)27(3)4/h5-6,8-13,21,29H,7,14-15H2,1-4H3/t21-/m1/s1. The van der Waals surface area contributed by atoms with E-state index in [9.17, 15) is 27.5 Å². The number of sulfonamides is 1. The highest BCUT2D eigenvalue weighted by Gasteiger charge is 2.46. The van der Waals surface area contributed by atoms with Crippen LogP contribution in [-0.2, 0) is 19.6 Å². The molecule has 0 aliphatic carbocycles. The molecule has 0 bridgehead atoms. The number of rotatable bonds is 8. The first-order valence-corrected chi connectivity index (χ1v) is 12.1. The van der Waals surface area contributed by atoms with Gasteiger partial charge in [0, 0.05) is 31.8 Å². The Hall–Kier alpha value is -3.08. The summed E-state index contributed by atoms with van der Waals surface area (Å²) in [6.07, 6.45) is 0.544. The summed E-state index contributed by atoms with van der Waals surface area (Å²) in [5.41, 5.74) is 0.00779. The number of amides is 1. The molecule has 2 aromatic carbocycles. The highest BCUT2D eigenvalue weighted by atomic mass is 32.2. The van der Waals surface area contributed by atoms with Gasteiger partial charge in [0.25, 0.3) is 11.7 Å². The molecule has 1 amide bonds. The zero-order valence-electron chi connectivity index (χ0n) is 19.5. The number of aliphatic hydroxyl groups excluding tert-OH is 1. The van der Waals surface area contributed by atoms with Crippen LogP contribution in [0.1, 0.15) is 23.6 Å². The Bertz CT molecular complexity index is 1220. The average molecular weight is 490 g/mol. The van der Waals surface area contributed by atoms with Crippen LogP contribution in [0.5, 0.6) is 0 Å². The van der Waals surface area contributed by atoms with E-state index in [1.165, 1.54) is 61.5 Å². The van der Waals surface area contributed by atoms with Crippen molar-refractivity contribution in [2.24, 2.45) is 0 Å². The van der Waals surface area contributed by atoms with Crippen LogP contribution in [0.15, 0.2) is 59.0 Å². The highest BCUT2D eigenvalue weighted by Crippen LogP contribution is 2.40. The third-order valence-corrected chi connectivity index (χ3v) is 7.48. The molecule has 1 N–H and O–H groups in total. The van der Waals surface area contributed by atoms with Crippen LogP contribution in [0.2, 0.25) is 0 Å². The second-order valence-corrected chi connectivity index (χ2v) is 10.6. The predicted molar refractivity (Wildman–Crippen MR) is 126 cm³/mol. The smallest absolute Gasteiger partial charge is 0.295 e. The van der Waals surface area contributed by atoms with E-state index in [2.05, 4.69) is 0 Å². The van der Waals surface area contributed by atoms with Crippen LogP contribution in [-0.4, -0.2) is 80.6 Å². The third-order valence-electron chi connectivity index (χ3n) is 5.65. The van der Waals surface area contributed by atoms with Crippen molar-refractivity contribution in [2.75, 3.05) is 41.3 Å². The minimum Gasteiger partial charge on any atom is -0.507 e. The molecule has 34 heavy (non-hydrogen) atoms. The largest absolute Gasteiger partial charge is 0.507 e. The second kappa shape index (κ2) is 10.0. The molecule has 1 aliphatic rings. The molecule has 10 heteroatoms. The summed E-state index contributed by atoms with van der Waals surface area (Å²) in [4.78, 5) is 29.1. The monoisotopic (exact) mass is 489 g/mol. The molecule has 0 saturated carbocycles. The maximum absolute atomic E-state index is 14.8. The Morgan fingerprint density at radius 3 is 2.21 bits per heavy atom. The molecular weight excluding hydrogens is 461 g/mol. The summed E-state index contributed by atoms with van der Waals surface area (Å²) in [6, 6.07) is 10.0. The molecule has 1 heterocycles. The highest BCUT2D eigenvalue weighted by molar-refractivity contribution is 7.89. The molecule has 1 saturated heterocycles. The predicted octanol–water partition coefficient (Wildman–Crippen LogP) is 2.45. The number of halogens is 1. The minimum atomic E-state index is -3.69. The first-order valence-electron chi connectivity index (χ1n) is 10.7. The number of benzene rings is 2. The zero-order valence-corrected chi connectivity index (χ0v) is 20.3. The molecule has 0 unspecified atom stereocenters. The maximum atomic E-state index is 14.8. The van der Waals surface area contributed by atoms with Gasteiger partial charge in [-0.3, -0.25) is 9.59 Å². The van der Waals surface area contributed by atoms with E-state index < -0.39 is 39.3 Å². The Morgan fingerprint density at radius 1 is 1.03 bits per heavy atom. The molecule has 1 fully saturated rings. The lowest BCUT2D eigenvalue weighted by Gasteiger charge is -2.26. The Kier molecular flexibility index (Phi) is 7.54. The van der Waals surface area contributed by atoms with Crippen molar-refractivity contribution >= 4 is 27.5 Å². The van der Waals surface area contributed by atoms with Crippen molar-refractivity contribution < 1.29 is 27.5 Å². The Labute approximate surface area is 198 Å². The van der Waals surface area contributed by atoms with Gasteiger partial charge in [0.1, 0.15) is 11.6 Å². The number of carbonyl (C=O) groups is 2. The molecule has 2 aromatic rings. The van der Waals surface area contributed by atoms with Gasteiger partial charge in [0.2, 0.25) is 10.0 Å². The number of hydrogen-bond donors (Lipinski definition) is 1. The maximum Gasteiger partial charge on any atom is 0.295 e. The summed E-state index contributed by atoms with van der Waals surface area (Å²) in [7, 11) is 2.86. The summed E-state index contributed by atoms with van der Waals surface area (Å²) in [5, 5.41) is 11.1. The van der Waals surface area contributed by atoms with E-state index >= 15 is 0 Å². The molecule has 182 valence electrons. The van der Waals surface area contributed by atoms with Crippen molar-refractivity contribution in [2.45, 2.75) is 17.4 Å². The fourth-order valence-electron chi connectivity index (χ4n) is 3.84. The van der Waals surface area contributed by atoms with Gasteiger partial charge in [0.05, 0.1) is 16.5 Å². The van der Waals surface area contributed by atoms with Gasteiger partial charge in [-0.15, -0.1) is 0 Å². The van der Waals surface area contributed by atoms with Crippen LogP contribution in [0, 0.1) is 5.82 Å². The molecule has 0 spiro atoms. The Morgan fingerprint density at radius 2 is 1.65 bits per heavy atom. The van der Waals surface area contributed by atoms with E-state index in [0.717, 1.165) is 4.31 Å². The quantitative estimate of drug-likeness (QED) is 0.348. The number of aliphatic hydroxyl groups is 1. The molecule has 3 rings (SSSR count). The van der Waals surface area contributed by atoms with Gasteiger partial charge >= 0.3 is 0 Å². The number of carbonyl (C=O) groups excluding carboxylic acids is 2. The summed E-state index contributed by atoms with van der Waals surface area (Å²) in [5.74, 6) is -2.83. The van der Waals surface area contributed by atoms with Gasteiger partial charge < -0.3 is 14.9 Å². The Balaban J connectivity index is 2.10. The van der Waals surface area contributed by atoms with E-state index in [0.29, 0.717) is 13.0 Å². The number of ketones is 1. The number of hydrogen-bond acceptors (Lipinski definition) is 6. The van der Waals surface area contributed by atoms with Crippen molar-refractivity contribution in [3.63, 3.8) is 0 Å². The van der Waals surface area contributed by atoms with Crippen LogP contribution in [0.25, 0.3) is 5.76 Å². The fourth-order valence-corrected chi connectivity index (χ4v) is 4.74. The van der Waals surface area contributed by atoms with Gasteiger partial charge in [-0.2, -0.15) is 0 Å². The van der Waals surface area contributed by atoms with Crippen molar-refractivity contribution in [1.82, 2.24) is 14.1 Å². The van der Waals surface area contributed by atoms with E-state index in [4.69, 9.17) is 0 Å². The third kappa shape index (κ3) is 4.89. The van der Waals surface area contributed by atoms with Gasteiger partial charge in [0.15, 0.2) is 0 Å². The lowest BCUT2D eigenvalue weighted by atomic mass is 9.95. The van der Waals surface area contributed by atoms with Gasteiger partial charge in [-0.1, -0.05) is 18.2 Å². The van der Waals surface area contributed by atoms with E-state index in [-0.39, 0.29) is 28.1 Å². The van der Waals surface area contributed by atoms with Gasteiger partial charge in [-0.05, 0) is 57.4 Å². The van der Waals surface area contributed by atoms with Crippen LogP contribution >= 0.6 is 0 Å².